The van der Waals surface area contributed by atoms with Crippen LogP contribution in [0.25, 0.3) is 0 Å². The van der Waals surface area contributed by atoms with Crippen molar-refractivity contribution < 1.29 is 33.7 Å². The third-order valence-electron chi connectivity index (χ3n) is 19.7. The number of carboxylic acid groups (broad SMARTS) is 1. The topological polar surface area (TPSA) is 219 Å². The van der Waals surface area contributed by atoms with Gasteiger partial charge in [-0.25, -0.2) is 0 Å². The van der Waals surface area contributed by atoms with Crippen LogP contribution in [0, 0.1) is 51.4 Å². The number of allylic oxidation sites excluding steroid dienone is 5. The van der Waals surface area contributed by atoms with Gasteiger partial charge in [-0.3, -0.25) is 14.5 Å². The first-order chi connectivity index (χ1) is 55.5. The average molecular weight is 1660 g/mol. The van der Waals surface area contributed by atoms with Crippen molar-refractivity contribution >= 4 is 60.7 Å². The quantitative estimate of drug-likeness (QED) is 0.0179. The molecule has 0 bridgehead atoms. The summed E-state index contributed by atoms with van der Waals surface area (Å²) in [5.74, 6) is 0.890. The van der Waals surface area contributed by atoms with Gasteiger partial charge in [-0.05, 0) is 200 Å². The van der Waals surface area contributed by atoms with Gasteiger partial charge in [-0.1, -0.05) is 127 Å². The van der Waals surface area contributed by atoms with Gasteiger partial charge < -0.3 is 36.4 Å². The van der Waals surface area contributed by atoms with Crippen LogP contribution in [-0.2, 0) is 28.6 Å². The molecule has 0 spiro atoms. The molecule has 4 aromatic carbocycles. The number of amides is 3. The van der Waals surface area contributed by atoms with Crippen LogP contribution in [0.15, 0.2) is 155 Å². The summed E-state index contributed by atoms with van der Waals surface area (Å²) in [4.78, 5) is 64.9. The van der Waals surface area contributed by atoms with Crippen molar-refractivity contribution in [1.29, 1.82) is 0 Å². The Labute approximate surface area is 732 Å². The minimum atomic E-state index is -0.863. The van der Waals surface area contributed by atoms with Gasteiger partial charge in [0, 0.05) is 68.4 Å². The molecule has 0 heterocycles. The molecule has 0 unspecified atom stereocenters. The van der Waals surface area contributed by atoms with Crippen LogP contribution < -0.4 is 46.6 Å². The first kappa shape index (κ1) is 112. The number of carboxylic acids is 1. The molecule has 21 heteroatoms. The maximum absolute atomic E-state index is 13.4. The summed E-state index contributed by atoms with van der Waals surface area (Å²) in [7, 11) is 8.96. The van der Waals surface area contributed by atoms with Gasteiger partial charge in [0.05, 0.1) is 23.2 Å². The van der Waals surface area contributed by atoms with Crippen molar-refractivity contribution in [3.63, 3.8) is 0 Å². The van der Waals surface area contributed by atoms with Gasteiger partial charge in [-0.2, -0.15) is 0 Å². The second-order valence-corrected chi connectivity index (χ2v) is 38.8. The van der Waals surface area contributed by atoms with Crippen molar-refractivity contribution in [3.8, 4) is 0 Å². The van der Waals surface area contributed by atoms with Gasteiger partial charge in [0.2, 0.25) is 11.8 Å². The molecule has 0 aliphatic carbocycles. The fraction of sp³-hybridized carbons (Fsp3) is 0.616. The number of aryl methyl sites for hydroxylation is 4. The number of hydrogen-bond donors (Lipinski definition) is 6. The molecule has 0 radical (unpaired) electrons. The molecule has 4 atom stereocenters. The molecule has 0 fully saturated rings. The van der Waals surface area contributed by atoms with E-state index >= 15 is 0 Å². The number of likely N-dealkylation sites (N-methyl/N-ethyl adjacent to an activating group) is 4. The molecule has 0 saturated carbocycles. The van der Waals surface area contributed by atoms with Gasteiger partial charge in [0.15, 0.2) is 0 Å². The van der Waals surface area contributed by atoms with E-state index in [2.05, 4.69) is 367 Å². The van der Waals surface area contributed by atoms with Crippen molar-refractivity contribution in [2.45, 2.75) is 280 Å². The Morgan fingerprint density at radius 1 is 0.375 bits per heavy atom. The molecule has 0 saturated heterocycles. The van der Waals surface area contributed by atoms with Crippen molar-refractivity contribution in [1.82, 2.24) is 36.0 Å². The number of anilines is 4. The molecular weight excluding hydrogens is 1490 g/mol. The monoisotopic (exact) mass is 1660 g/mol. The summed E-state index contributed by atoms with van der Waals surface area (Å²) in [5.41, 5.74) is 21.0. The average Bonchev–Trinajstić information content (AvgIpc) is 0.842. The van der Waals surface area contributed by atoms with Crippen molar-refractivity contribution in [2.75, 3.05) is 120 Å². The summed E-state index contributed by atoms with van der Waals surface area (Å²) < 4.78 is 21.2. The maximum atomic E-state index is 13.4. The van der Waals surface area contributed by atoms with Crippen LogP contribution in [0.2, 0.25) is 0 Å². The molecule has 19 nitrogen and oxygen atoms in total. The Balaban J connectivity index is 0.00000152. The minimum Gasteiger partial charge on any atom is -0.365 e. The van der Waals surface area contributed by atoms with E-state index in [1.807, 2.05) is 39.9 Å². The van der Waals surface area contributed by atoms with E-state index in [1.165, 1.54) is 67.2 Å². The number of aliphatic carboxylic acids is 1. The third-order valence-corrected chi connectivity index (χ3v) is 19.7. The first-order valence-electron chi connectivity index (χ1n) is 43.6. The van der Waals surface area contributed by atoms with E-state index in [9.17, 15) is 28.6 Å². The van der Waals surface area contributed by atoms with E-state index in [4.69, 9.17) is 10.8 Å². The smallest absolute Gasteiger partial charge is 0.237 e. The number of benzene rings is 4. The molecule has 7 N–H and O–H groups in total. The summed E-state index contributed by atoms with van der Waals surface area (Å²) in [6.07, 6.45) is 14.5. The molecule has 120 heavy (non-hydrogen) atoms. The Kier molecular flexibility index (Phi) is 53.1. The van der Waals surface area contributed by atoms with Crippen LogP contribution in [-0.4, -0.2) is 204 Å². The first-order valence-corrected chi connectivity index (χ1v) is 43.6. The fourth-order valence-corrected chi connectivity index (χ4v) is 13.1. The van der Waals surface area contributed by atoms with Gasteiger partial charge >= 0.3 is 255 Å². The predicted molar refractivity (Wildman–Crippen MR) is 516 cm³/mol. The summed E-state index contributed by atoms with van der Waals surface area (Å²) in [6, 6.07) is 33.2. The van der Waals surface area contributed by atoms with Gasteiger partial charge in [0.1, 0.15) is 0 Å². The number of carbonyl (C=O) groups excluding carboxylic acids is 3. The zero-order valence-electron chi connectivity index (χ0n) is 81.6. The van der Waals surface area contributed by atoms with E-state index in [0.29, 0.717) is 43.1 Å². The number of nitrogens with one attached hydrogen (secondary N) is 4. The maximum Gasteiger partial charge on any atom is 0.237 e. The predicted octanol–water partition coefficient (Wildman–Crippen LogP) is 18.2. The molecule has 4 rings (SSSR count). The normalized spacial score (nSPS) is 12.4. The Morgan fingerprint density at radius 3 is 0.842 bits per heavy atom. The summed E-state index contributed by atoms with van der Waals surface area (Å²) >= 11 is 0. The second kappa shape index (κ2) is 56.8. The number of nitrogens with zero attached hydrogens (tertiary/aromatic N) is 7. The van der Waals surface area contributed by atoms with Gasteiger partial charge in [-0.15, -0.1) is 0 Å². The van der Waals surface area contributed by atoms with Crippen molar-refractivity contribution in [3.05, 3.63) is 178 Å². The van der Waals surface area contributed by atoms with E-state index in [0.717, 1.165) is 85.2 Å². The Hall–Kier alpha value is -7.81. The standard InChI is InChI=1S/C28H47N3O.C24H40BN3O2.C23H39N3O.C16H26N2.C8H16BNO3/c1-21(2)15-17-30(10)26(19-23(5)6)27(32)29-28(8,9)20-31(18-16-22(3)4)25-13-11-24(7)12-14-25;1-18(2)13-14-28(21-11-9-20(5)10-12-21)16-24(6,7)26-23(29)22(15-19(3)4)27(8)17-25-30;1-17(2)13-14-26(20-11-9-19(5)10-12-20)16-23(6,7)25-22(27)21(24-8)15-18(3)4;1-13(2)10-11-18(12-16(4,5)17)15-8-6-14(3)7-9-15;1-6(2)4-7(8(11)12)10(3)5-9-13/h11-16,23,26H,17-20H2,1-10H3,(H,29,32);9-13,19,22H,14-17H2,1-8H3,(H,26,29);9-13,18,21,24H,14-16H2,1-8H3,(H,25,27);6-10H,11-12,17H2,1-5H3;6-7H,4-5H2,1-3H3,(H,11,12)/t26-;22-;21-;;7-/m000.0/s1. The number of carbonyl (C=O) groups is 4. The molecular formula is C99H168B2N12O7. The van der Waals surface area contributed by atoms with Crippen LogP contribution >= 0.6 is 0 Å². The zero-order chi connectivity index (χ0) is 92.2. The number of hydrogen-bond acceptors (Lipinski definition) is 15. The Morgan fingerprint density at radius 2 is 0.608 bits per heavy atom. The molecule has 0 aliphatic rings. The zero-order valence-corrected chi connectivity index (χ0v) is 81.6. The van der Waals surface area contributed by atoms with Crippen molar-refractivity contribution in [2.24, 2.45) is 29.4 Å². The molecule has 4 aromatic rings. The fourth-order valence-electron chi connectivity index (χ4n) is 13.1. The number of rotatable bonds is 45. The largest absolute Gasteiger partial charge is 0.365 e. The molecule has 672 valence electrons. The number of nitrogens with two attached hydrogens (primary N) is 1. The second-order valence-electron chi connectivity index (χ2n) is 38.8. The van der Waals surface area contributed by atoms with Crippen LogP contribution in [0.3, 0.4) is 0 Å². The van der Waals surface area contributed by atoms with Crippen LogP contribution in [0.1, 0.15) is 228 Å². The summed E-state index contributed by atoms with van der Waals surface area (Å²) in [5, 5.41) is 21.9. The minimum absolute atomic E-state index is 0.0240. The molecule has 0 aromatic heterocycles. The van der Waals surface area contributed by atoms with Crippen LogP contribution in [0.4, 0.5) is 22.7 Å². The third kappa shape index (κ3) is 51.2. The Bertz CT molecular complexity index is 3760. The summed E-state index contributed by atoms with van der Waals surface area (Å²) in [6.45, 7) is 70.1. The molecule has 3 amide bonds. The van der Waals surface area contributed by atoms with E-state index in [1.54, 1.807) is 11.9 Å². The SMILES string of the molecule is CC(C)=CCN(CC(C)(C)N)c1ccc(C)cc1.CC(C)=CCN(CC(C)(C)NC(=O)[C@H](CC(C)C)N(C)CB=O)c1ccc(C)cc1.CC(C)=CCN(CC(C)(C)NC(=O)[C@H](CC(C)C)N(C)CC=C(C)C)c1ccc(C)cc1.CC(C)C[C@@H](C(=O)O)N(C)CB=O.CN[C@@H](CC(C)C)C(=O)NC(C)(C)CN(CC=C(C)C)c1ccc(C)cc1. The van der Waals surface area contributed by atoms with E-state index < -0.39 is 17.6 Å². The van der Waals surface area contributed by atoms with Crippen LogP contribution in [0.5, 0.6) is 0 Å². The van der Waals surface area contributed by atoms with Gasteiger partial charge in [0.25, 0.3) is 0 Å². The molecule has 0 aliphatic heterocycles. The van der Waals surface area contributed by atoms with E-state index in [-0.39, 0.29) is 65.4 Å².